The second-order valence-electron chi connectivity index (χ2n) is 5.92. The monoisotopic (exact) mass is 371 g/mol. The minimum atomic E-state index is -0.0418. The van der Waals surface area contributed by atoms with Crippen molar-refractivity contribution < 1.29 is 9.53 Å². The second kappa shape index (κ2) is 8.83. The highest BCUT2D eigenvalue weighted by atomic mass is 35.5. The van der Waals surface area contributed by atoms with Crippen molar-refractivity contribution in [2.45, 2.75) is 19.9 Å². The Morgan fingerprint density at radius 3 is 2.73 bits per heavy atom. The predicted molar refractivity (Wildman–Crippen MR) is 104 cm³/mol. The van der Waals surface area contributed by atoms with E-state index in [9.17, 15) is 4.79 Å². The molecule has 2 aromatic carbocycles. The molecule has 0 spiro atoms. The summed E-state index contributed by atoms with van der Waals surface area (Å²) in [6, 6.07) is 15.3. The van der Waals surface area contributed by atoms with E-state index in [0.717, 1.165) is 28.8 Å². The summed E-state index contributed by atoms with van der Waals surface area (Å²) in [5.74, 6) is 0.715. The molecule has 0 atom stereocenters. The smallest absolute Gasteiger partial charge is 0.240 e. The molecule has 1 aromatic heterocycles. The van der Waals surface area contributed by atoms with Crippen LogP contribution in [0.2, 0.25) is 5.02 Å². The second-order valence-corrected chi connectivity index (χ2v) is 6.35. The highest BCUT2D eigenvalue weighted by Crippen LogP contribution is 2.25. The number of amides is 1. The van der Waals surface area contributed by atoms with Crippen molar-refractivity contribution in [3.63, 3.8) is 0 Å². The first-order chi connectivity index (χ1) is 12.7. The summed E-state index contributed by atoms with van der Waals surface area (Å²) < 4.78 is 7.23. The molecule has 0 saturated carbocycles. The van der Waals surface area contributed by atoms with Crippen molar-refractivity contribution in [1.29, 1.82) is 0 Å². The van der Waals surface area contributed by atoms with Crippen LogP contribution >= 0.6 is 11.6 Å². The average Bonchev–Trinajstić information content (AvgIpc) is 3.01. The fourth-order valence-electron chi connectivity index (χ4n) is 2.80. The third-order valence-electron chi connectivity index (χ3n) is 4.05. The Morgan fingerprint density at radius 2 is 1.96 bits per heavy atom. The van der Waals surface area contributed by atoms with Gasteiger partial charge in [0, 0.05) is 30.3 Å². The molecule has 136 valence electrons. The van der Waals surface area contributed by atoms with Gasteiger partial charge in [-0.15, -0.1) is 0 Å². The van der Waals surface area contributed by atoms with E-state index in [2.05, 4.69) is 5.32 Å². The van der Waals surface area contributed by atoms with E-state index in [1.165, 1.54) is 0 Å². The van der Waals surface area contributed by atoms with Gasteiger partial charge in [-0.05, 0) is 49.7 Å². The van der Waals surface area contributed by atoms with Crippen LogP contribution in [0.5, 0.6) is 0 Å². The highest BCUT2D eigenvalue weighted by Gasteiger charge is 2.15. The van der Waals surface area contributed by atoms with Crippen LogP contribution in [0.1, 0.15) is 13.3 Å². The van der Waals surface area contributed by atoms with E-state index in [1.807, 2.05) is 60.0 Å². The summed E-state index contributed by atoms with van der Waals surface area (Å²) in [6.45, 7) is 4.12. The summed E-state index contributed by atoms with van der Waals surface area (Å²) in [7, 11) is 0. The van der Waals surface area contributed by atoms with Crippen molar-refractivity contribution in [2.75, 3.05) is 19.8 Å². The van der Waals surface area contributed by atoms with E-state index in [0.29, 0.717) is 24.8 Å². The number of benzene rings is 2. The molecule has 0 aliphatic rings. The van der Waals surface area contributed by atoms with Gasteiger partial charge in [0.25, 0.3) is 0 Å². The maximum atomic E-state index is 12.4. The molecule has 0 radical (unpaired) electrons. The number of ether oxygens (including phenoxy) is 1. The highest BCUT2D eigenvalue weighted by molar-refractivity contribution is 6.30. The van der Waals surface area contributed by atoms with Gasteiger partial charge in [0.05, 0.1) is 11.0 Å². The summed E-state index contributed by atoms with van der Waals surface area (Å²) in [4.78, 5) is 17.1. The van der Waals surface area contributed by atoms with Gasteiger partial charge in [-0.1, -0.05) is 23.7 Å². The van der Waals surface area contributed by atoms with Crippen LogP contribution in [0.4, 0.5) is 0 Å². The Hall–Kier alpha value is -2.37. The van der Waals surface area contributed by atoms with Crippen LogP contribution in [0, 0.1) is 0 Å². The van der Waals surface area contributed by atoms with Crippen LogP contribution in [-0.4, -0.2) is 35.2 Å². The van der Waals surface area contributed by atoms with Crippen LogP contribution < -0.4 is 5.32 Å². The molecule has 0 unspecified atom stereocenters. The van der Waals surface area contributed by atoms with Crippen molar-refractivity contribution in [1.82, 2.24) is 14.9 Å². The zero-order valence-corrected chi connectivity index (χ0v) is 15.5. The topological polar surface area (TPSA) is 56.1 Å². The number of carbonyl (C=O) groups is 1. The first-order valence-corrected chi connectivity index (χ1v) is 9.12. The molecule has 26 heavy (non-hydrogen) atoms. The molecular weight excluding hydrogens is 350 g/mol. The molecule has 6 heteroatoms. The minimum absolute atomic E-state index is 0.0418. The third-order valence-corrected chi connectivity index (χ3v) is 4.30. The van der Waals surface area contributed by atoms with Crippen LogP contribution in [-0.2, 0) is 16.1 Å². The molecule has 0 saturated heterocycles. The Labute approximate surface area is 157 Å². The Bertz CT molecular complexity index is 874. The van der Waals surface area contributed by atoms with E-state index in [1.54, 1.807) is 0 Å². The lowest BCUT2D eigenvalue weighted by atomic mass is 10.2. The molecule has 1 heterocycles. The lowest BCUT2D eigenvalue weighted by molar-refractivity contribution is -0.121. The van der Waals surface area contributed by atoms with Crippen molar-refractivity contribution in [2.24, 2.45) is 0 Å². The Morgan fingerprint density at radius 1 is 1.19 bits per heavy atom. The van der Waals surface area contributed by atoms with Crippen LogP contribution in [0.3, 0.4) is 0 Å². The summed E-state index contributed by atoms with van der Waals surface area (Å²) >= 11 is 5.99. The number of carbonyl (C=O) groups excluding carboxylic acids is 1. The molecule has 3 rings (SSSR count). The first-order valence-electron chi connectivity index (χ1n) is 8.74. The molecule has 5 nitrogen and oxygen atoms in total. The normalized spacial score (nSPS) is 11.0. The van der Waals surface area contributed by atoms with Gasteiger partial charge in [-0.3, -0.25) is 4.79 Å². The molecule has 0 aliphatic carbocycles. The van der Waals surface area contributed by atoms with Gasteiger partial charge in [0.2, 0.25) is 5.91 Å². The fourth-order valence-corrected chi connectivity index (χ4v) is 2.93. The average molecular weight is 372 g/mol. The maximum Gasteiger partial charge on any atom is 0.240 e. The number of para-hydroxylation sites is 2. The lowest BCUT2D eigenvalue weighted by Crippen LogP contribution is -2.29. The molecule has 0 fully saturated rings. The van der Waals surface area contributed by atoms with Crippen LogP contribution in [0.15, 0.2) is 48.5 Å². The number of aromatic nitrogens is 2. The number of imidazole rings is 1. The molecule has 0 bridgehead atoms. The van der Waals surface area contributed by atoms with Gasteiger partial charge < -0.3 is 14.6 Å². The largest absolute Gasteiger partial charge is 0.382 e. The number of fused-ring (bicyclic) bond motifs is 1. The van der Waals surface area contributed by atoms with Gasteiger partial charge in [0.1, 0.15) is 12.4 Å². The quantitative estimate of drug-likeness (QED) is 0.611. The zero-order chi connectivity index (χ0) is 18.4. The molecule has 0 aliphatic heterocycles. The van der Waals surface area contributed by atoms with Crippen molar-refractivity contribution in [3.8, 4) is 11.4 Å². The van der Waals surface area contributed by atoms with Gasteiger partial charge in [-0.2, -0.15) is 0 Å². The fraction of sp³-hybridized carbons (Fsp3) is 0.300. The molecule has 1 N–H and O–H groups in total. The van der Waals surface area contributed by atoms with E-state index in [4.69, 9.17) is 21.3 Å². The van der Waals surface area contributed by atoms with Crippen molar-refractivity contribution in [3.05, 3.63) is 53.6 Å². The van der Waals surface area contributed by atoms with E-state index >= 15 is 0 Å². The standard InChI is InChI=1S/C20H22ClN3O2/c1-2-26-13-5-12-22-19(25)14-24-18-7-4-3-6-17(18)23-20(24)15-8-10-16(21)11-9-15/h3-4,6-11H,2,5,12-14H2,1H3,(H,22,25). The predicted octanol–water partition coefficient (Wildman–Crippen LogP) is 3.90. The van der Waals surface area contributed by atoms with E-state index in [-0.39, 0.29) is 12.5 Å². The Kier molecular flexibility index (Phi) is 6.26. The van der Waals surface area contributed by atoms with Gasteiger partial charge in [0.15, 0.2) is 0 Å². The van der Waals surface area contributed by atoms with E-state index < -0.39 is 0 Å². The number of nitrogens with one attached hydrogen (secondary N) is 1. The third kappa shape index (κ3) is 4.42. The number of nitrogens with zero attached hydrogens (tertiary/aromatic N) is 2. The van der Waals surface area contributed by atoms with Crippen molar-refractivity contribution >= 4 is 28.5 Å². The summed E-state index contributed by atoms with van der Waals surface area (Å²) in [5.41, 5.74) is 2.72. The molecule has 1 amide bonds. The molecular formula is C20H22ClN3O2. The number of hydrogen-bond donors (Lipinski definition) is 1. The first kappa shape index (κ1) is 18.4. The van der Waals surface area contributed by atoms with Gasteiger partial charge >= 0.3 is 0 Å². The SMILES string of the molecule is CCOCCCNC(=O)Cn1c(-c2ccc(Cl)cc2)nc2ccccc21. The number of hydrogen-bond acceptors (Lipinski definition) is 3. The maximum absolute atomic E-state index is 12.4. The minimum Gasteiger partial charge on any atom is -0.382 e. The zero-order valence-electron chi connectivity index (χ0n) is 14.7. The summed E-state index contributed by atoms with van der Waals surface area (Å²) in [5, 5.41) is 3.61. The number of halogens is 1. The molecule has 3 aromatic rings. The van der Waals surface area contributed by atoms with Crippen LogP contribution in [0.25, 0.3) is 22.4 Å². The number of rotatable bonds is 8. The Balaban J connectivity index is 1.81. The summed E-state index contributed by atoms with van der Waals surface area (Å²) in [6.07, 6.45) is 0.800. The van der Waals surface area contributed by atoms with Gasteiger partial charge in [-0.25, -0.2) is 4.98 Å². The lowest BCUT2D eigenvalue weighted by Gasteiger charge is -2.10.